The zero-order valence-corrected chi connectivity index (χ0v) is 17.5. The molecule has 0 bridgehead atoms. The van der Waals surface area contributed by atoms with Gasteiger partial charge in [-0.3, -0.25) is 9.59 Å². The molecule has 1 heterocycles. The quantitative estimate of drug-likeness (QED) is 0.413. The van der Waals surface area contributed by atoms with Gasteiger partial charge in [0.15, 0.2) is 5.78 Å². The molecule has 5 nitrogen and oxygen atoms in total. The second-order valence-electron chi connectivity index (χ2n) is 7.15. The standard InChI is InChI=1S/C26H23NO4/c1-3-31-21-14-10-19(11-15-21)25(28)23-17-27(16-18-8-12-20(30-2)13-9-18)24-7-5-4-6-22(24)26(23)29/h4-15,17H,3,16H2,1-2H3. The van der Waals surface area contributed by atoms with Crippen molar-refractivity contribution in [2.45, 2.75) is 13.5 Å². The number of carbonyl (C=O) groups is 1. The van der Waals surface area contributed by atoms with Crippen LogP contribution in [0, 0.1) is 0 Å². The van der Waals surface area contributed by atoms with E-state index < -0.39 is 0 Å². The van der Waals surface area contributed by atoms with E-state index in [1.165, 1.54) is 0 Å². The predicted molar refractivity (Wildman–Crippen MR) is 121 cm³/mol. The Morgan fingerprint density at radius 2 is 1.58 bits per heavy atom. The summed E-state index contributed by atoms with van der Waals surface area (Å²) in [6.07, 6.45) is 1.66. The summed E-state index contributed by atoms with van der Waals surface area (Å²) in [7, 11) is 1.63. The highest BCUT2D eigenvalue weighted by Crippen LogP contribution is 2.19. The van der Waals surface area contributed by atoms with E-state index in [1.54, 1.807) is 43.6 Å². The number of ketones is 1. The van der Waals surface area contributed by atoms with Crippen LogP contribution in [0.2, 0.25) is 0 Å². The number of hydrogen-bond donors (Lipinski definition) is 0. The summed E-state index contributed by atoms with van der Waals surface area (Å²) >= 11 is 0. The molecule has 4 aromatic rings. The first-order valence-corrected chi connectivity index (χ1v) is 10.1. The summed E-state index contributed by atoms with van der Waals surface area (Å²) in [6.45, 7) is 2.97. The molecule has 3 aromatic carbocycles. The Hall–Kier alpha value is -3.86. The normalized spacial score (nSPS) is 10.8. The smallest absolute Gasteiger partial charge is 0.200 e. The van der Waals surface area contributed by atoms with Crippen LogP contribution >= 0.6 is 0 Å². The van der Waals surface area contributed by atoms with Crippen LogP contribution in [0.15, 0.2) is 83.8 Å². The molecule has 0 saturated carbocycles. The van der Waals surface area contributed by atoms with Gasteiger partial charge in [0.2, 0.25) is 5.43 Å². The van der Waals surface area contributed by atoms with Crippen molar-refractivity contribution in [2.24, 2.45) is 0 Å². The van der Waals surface area contributed by atoms with Crippen molar-refractivity contribution in [1.82, 2.24) is 4.57 Å². The van der Waals surface area contributed by atoms with Gasteiger partial charge in [-0.15, -0.1) is 0 Å². The highest BCUT2D eigenvalue weighted by Gasteiger charge is 2.17. The third-order valence-corrected chi connectivity index (χ3v) is 5.17. The van der Waals surface area contributed by atoms with Gasteiger partial charge in [-0.25, -0.2) is 0 Å². The molecular weight excluding hydrogens is 390 g/mol. The topological polar surface area (TPSA) is 57.5 Å². The van der Waals surface area contributed by atoms with Crippen molar-refractivity contribution in [3.63, 3.8) is 0 Å². The molecule has 1 aromatic heterocycles. The predicted octanol–water partition coefficient (Wildman–Crippen LogP) is 4.69. The lowest BCUT2D eigenvalue weighted by Gasteiger charge is -2.14. The van der Waals surface area contributed by atoms with Gasteiger partial charge < -0.3 is 14.0 Å². The number of methoxy groups -OCH3 is 1. The van der Waals surface area contributed by atoms with E-state index >= 15 is 0 Å². The second-order valence-corrected chi connectivity index (χ2v) is 7.15. The van der Waals surface area contributed by atoms with Gasteiger partial charge in [0.25, 0.3) is 0 Å². The van der Waals surface area contributed by atoms with E-state index in [9.17, 15) is 9.59 Å². The molecule has 156 valence electrons. The Morgan fingerprint density at radius 3 is 2.26 bits per heavy atom. The molecule has 0 radical (unpaired) electrons. The number of aromatic nitrogens is 1. The van der Waals surface area contributed by atoms with E-state index in [0.717, 1.165) is 16.8 Å². The van der Waals surface area contributed by atoms with Crippen molar-refractivity contribution >= 4 is 16.7 Å². The first-order valence-electron chi connectivity index (χ1n) is 10.1. The van der Waals surface area contributed by atoms with Crippen LogP contribution in [-0.4, -0.2) is 24.1 Å². The zero-order valence-electron chi connectivity index (χ0n) is 17.5. The van der Waals surface area contributed by atoms with Crippen LogP contribution in [0.1, 0.15) is 28.4 Å². The number of carbonyl (C=O) groups excluding carboxylic acids is 1. The molecule has 0 amide bonds. The largest absolute Gasteiger partial charge is 0.497 e. The number of hydrogen-bond acceptors (Lipinski definition) is 4. The summed E-state index contributed by atoms with van der Waals surface area (Å²) in [5, 5.41) is 0.521. The summed E-state index contributed by atoms with van der Waals surface area (Å²) in [4.78, 5) is 26.3. The Labute approximate surface area is 180 Å². The molecule has 0 spiro atoms. The first-order chi connectivity index (χ1) is 15.1. The summed E-state index contributed by atoms with van der Waals surface area (Å²) in [5.74, 6) is 1.16. The highest BCUT2D eigenvalue weighted by molar-refractivity contribution is 6.10. The van der Waals surface area contributed by atoms with Gasteiger partial charge in [-0.05, 0) is 61.0 Å². The molecule has 0 aliphatic rings. The molecule has 5 heteroatoms. The number of ether oxygens (including phenoxy) is 2. The Kier molecular flexibility index (Phi) is 5.85. The van der Waals surface area contributed by atoms with E-state index in [4.69, 9.17) is 9.47 Å². The minimum Gasteiger partial charge on any atom is -0.497 e. The molecule has 0 aliphatic carbocycles. The van der Waals surface area contributed by atoms with Crippen LogP contribution in [0.5, 0.6) is 11.5 Å². The number of nitrogens with zero attached hydrogens (tertiary/aromatic N) is 1. The van der Waals surface area contributed by atoms with Crippen molar-refractivity contribution in [1.29, 1.82) is 0 Å². The van der Waals surface area contributed by atoms with Gasteiger partial charge >= 0.3 is 0 Å². The molecule has 0 unspecified atom stereocenters. The molecule has 31 heavy (non-hydrogen) atoms. The van der Waals surface area contributed by atoms with Crippen molar-refractivity contribution in [3.8, 4) is 11.5 Å². The SMILES string of the molecule is CCOc1ccc(C(=O)c2cn(Cc3ccc(OC)cc3)c3ccccc3c2=O)cc1. The second kappa shape index (κ2) is 8.88. The van der Waals surface area contributed by atoms with Gasteiger partial charge in [0.05, 0.1) is 24.8 Å². The van der Waals surface area contributed by atoms with E-state index in [0.29, 0.717) is 29.9 Å². The van der Waals surface area contributed by atoms with Gasteiger partial charge in [0, 0.05) is 23.7 Å². The lowest BCUT2D eigenvalue weighted by atomic mass is 10.0. The Bertz CT molecular complexity index is 1270. The molecule has 0 fully saturated rings. The Balaban J connectivity index is 1.77. The highest BCUT2D eigenvalue weighted by atomic mass is 16.5. The third kappa shape index (κ3) is 4.21. The molecule has 0 atom stereocenters. The molecule has 0 aliphatic heterocycles. The molecule has 0 saturated heterocycles. The van der Waals surface area contributed by atoms with E-state index in [2.05, 4.69) is 0 Å². The number of pyridine rings is 1. The van der Waals surface area contributed by atoms with E-state index in [-0.39, 0.29) is 16.8 Å². The molecule has 0 N–H and O–H groups in total. The molecule has 4 rings (SSSR count). The minimum absolute atomic E-state index is 0.149. The van der Waals surface area contributed by atoms with Crippen LogP contribution < -0.4 is 14.9 Å². The average Bonchev–Trinajstić information content (AvgIpc) is 2.82. The van der Waals surface area contributed by atoms with Crippen LogP contribution in [0.3, 0.4) is 0 Å². The zero-order chi connectivity index (χ0) is 21.8. The van der Waals surface area contributed by atoms with Crippen LogP contribution in [0.25, 0.3) is 10.9 Å². The maximum atomic E-state index is 13.2. The fourth-order valence-corrected chi connectivity index (χ4v) is 3.59. The molecular formula is C26H23NO4. The number of fused-ring (bicyclic) bond motifs is 1. The van der Waals surface area contributed by atoms with Gasteiger partial charge in [0.1, 0.15) is 11.5 Å². The monoisotopic (exact) mass is 413 g/mol. The third-order valence-electron chi connectivity index (χ3n) is 5.17. The minimum atomic E-state index is -0.303. The summed E-state index contributed by atoms with van der Waals surface area (Å²) in [5.41, 5.74) is 2.16. The van der Waals surface area contributed by atoms with Crippen molar-refractivity contribution in [2.75, 3.05) is 13.7 Å². The lowest BCUT2D eigenvalue weighted by molar-refractivity contribution is 0.103. The van der Waals surface area contributed by atoms with E-state index in [1.807, 2.05) is 54.0 Å². The fourth-order valence-electron chi connectivity index (χ4n) is 3.59. The lowest BCUT2D eigenvalue weighted by Crippen LogP contribution is -2.20. The first kappa shape index (κ1) is 20.4. The van der Waals surface area contributed by atoms with Gasteiger partial charge in [-0.2, -0.15) is 0 Å². The summed E-state index contributed by atoms with van der Waals surface area (Å²) in [6, 6.07) is 22.0. The maximum Gasteiger partial charge on any atom is 0.200 e. The number of para-hydroxylation sites is 1. The van der Waals surface area contributed by atoms with Crippen molar-refractivity contribution < 1.29 is 14.3 Å². The fraction of sp³-hybridized carbons (Fsp3) is 0.154. The number of benzene rings is 3. The maximum absolute atomic E-state index is 13.2. The van der Waals surface area contributed by atoms with Crippen LogP contribution in [0.4, 0.5) is 0 Å². The van der Waals surface area contributed by atoms with Crippen LogP contribution in [-0.2, 0) is 6.54 Å². The average molecular weight is 413 g/mol. The van der Waals surface area contributed by atoms with Crippen molar-refractivity contribution in [3.05, 3.63) is 106 Å². The summed E-state index contributed by atoms with van der Waals surface area (Å²) < 4.78 is 12.6. The van der Waals surface area contributed by atoms with Gasteiger partial charge in [-0.1, -0.05) is 24.3 Å². The Morgan fingerprint density at radius 1 is 0.903 bits per heavy atom. The number of rotatable bonds is 7.